The molecule has 1 aliphatic heterocycles. The van der Waals surface area contributed by atoms with Gasteiger partial charge in [0.25, 0.3) is 0 Å². The van der Waals surface area contributed by atoms with Gasteiger partial charge in [-0.2, -0.15) is 0 Å². The molecule has 110 valence electrons. The van der Waals surface area contributed by atoms with Crippen LogP contribution in [-0.2, 0) is 4.74 Å². The summed E-state index contributed by atoms with van der Waals surface area (Å²) in [5.74, 6) is 2.14. The Labute approximate surface area is 117 Å². The van der Waals surface area contributed by atoms with Crippen LogP contribution in [0.1, 0.15) is 53.4 Å². The third-order valence-electron chi connectivity index (χ3n) is 4.68. The molecule has 0 spiro atoms. The molecule has 2 aliphatic rings. The Balaban J connectivity index is 1.93. The Kier molecular flexibility index (Phi) is 4.42. The van der Waals surface area contributed by atoms with Crippen molar-refractivity contribution < 1.29 is 9.53 Å². The van der Waals surface area contributed by atoms with Crippen molar-refractivity contribution in [1.29, 1.82) is 0 Å². The number of nitrogens with zero attached hydrogens (tertiary/aromatic N) is 1. The van der Waals surface area contributed by atoms with Gasteiger partial charge in [-0.05, 0) is 36.0 Å². The summed E-state index contributed by atoms with van der Waals surface area (Å²) in [6, 6.07) is 0. The lowest BCUT2D eigenvalue weighted by atomic mass is 9.78. The van der Waals surface area contributed by atoms with Crippen molar-refractivity contribution in [3.8, 4) is 0 Å². The number of carbonyl (C=O) groups excluding carboxylic acids is 1. The van der Waals surface area contributed by atoms with Gasteiger partial charge < -0.3 is 9.64 Å². The minimum absolute atomic E-state index is 0.0471. The number of rotatable bonds is 1. The van der Waals surface area contributed by atoms with Gasteiger partial charge in [0.15, 0.2) is 0 Å². The van der Waals surface area contributed by atoms with Gasteiger partial charge in [-0.1, -0.05) is 40.5 Å². The van der Waals surface area contributed by atoms with Crippen molar-refractivity contribution in [3.63, 3.8) is 0 Å². The summed E-state index contributed by atoms with van der Waals surface area (Å²) in [7, 11) is 0. The molecule has 1 amide bonds. The molecule has 1 saturated heterocycles. The standard InChI is InChI=1S/C16H29NO2/c1-12-13-7-5-6-8-14(12)10-17(9-13)15(18)19-11-16(2,3)4/h12-14H,5-11H2,1-4H3. The highest BCUT2D eigenvalue weighted by molar-refractivity contribution is 5.67. The van der Waals surface area contributed by atoms with E-state index in [-0.39, 0.29) is 11.5 Å². The summed E-state index contributed by atoms with van der Waals surface area (Å²) in [5, 5.41) is 0. The third kappa shape index (κ3) is 3.87. The van der Waals surface area contributed by atoms with Crippen LogP contribution < -0.4 is 0 Å². The fraction of sp³-hybridized carbons (Fsp3) is 0.938. The minimum Gasteiger partial charge on any atom is -0.449 e. The van der Waals surface area contributed by atoms with Gasteiger partial charge in [0.05, 0.1) is 6.61 Å². The van der Waals surface area contributed by atoms with Gasteiger partial charge in [-0.15, -0.1) is 0 Å². The number of piperidine rings is 1. The summed E-state index contributed by atoms with van der Waals surface area (Å²) < 4.78 is 5.47. The van der Waals surface area contributed by atoms with E-state index >= 15 is 0 Å². The van der Waals surface area contributed by atoms with E-state index in [0.717, 1.165) is 19.0 Å². The number of likely N-dealkylation sites (tertiary alicyclic amines) is 1. The highest BCUT2D eigenvalue weighted by Crippen LogP contribution is 2.38. The summed E-state index contributed by atoms with van der Waals surface area (Å²) in [6.07, 6.45) is 5.12. The Bertz CT molecular complexity index is 305. The van der Waals surface area contributed by atoms with Crippen molar-refractivity contribution >= 4 is 6.09 Å². The van der Waals surface area contributed by atoms with Crippen LogP contribution in [0.25, 0.3) is 0 Å². The molecule has 1 saturated carbocycles. The first kappa shape index (κ1) is 14.7. The average Bonchev–Trinajstić information content (AvgIpc) is 2.45. The van der Waals surface area contributed by atoms with Crippen LogP contribution in [0.3, 0.4) is 0 Å². The molecule has 2 atom stereocenters. The summed E-state index contributed by atoms with van der Waals surface area (Å²) in [4.78, 5) is 14.2. The van der Waals surface area contributed by atoms with E-state index in [2.05, 4.69) is 27.7 Å². The predicted octanol–water partition coefficient (Wildman–Crippen LogP) is 3.93. The Morgan fingerprint density at radius 2 is 1.68 bits per heavy atom. The molecule has 0 N–H and O–H groups in total. The van der Waals surface area contributed by atoms with Crippen LogP contribution in [0.4, 0.5) is 4.79 Å². The van der Waals surface area contributed by atoms with E-state index in [4.69, 9.17) is 4.74 Å². The molecule has 0 radical (unpaired) electrons. The lowest BCUT2D eigenvalue weighted by molar-refractivity contribution is 0.0326. The quantitative estimate of drug-likeness (QED) is 0.720. The monoisotopic (exact) mass is 267 g/mol. The third-order valence-corrected chi connectivity index (χ3v) is 4.68. The summed E-state index contributed by atoms with van der Waals surface area (Å²) >= 11 is 0. The molecule has 0 aromatic heterocycles. The fourth-order valence-electron chi connectivity index (χ4n) is 3.40. The Morgan fingerprint density at radius 1 is 1.16 bits per heavy atom. The van der Waals surface area contributed by atoms with Crippen LogP contribution in [0.15, 0.2) is 0 Å². The van der Waals surface area contributed by atoms with Crippen molar-refractivity contribution in [2.45, 2.75) is 53.4 Å². The molecular formula is C16H29NO2. The number of amides is 1. The smallest absolute Gasteiger partial charge is 0.409 e. The number of carbonyl (C=O) groups is 1. The van der Waals surface area contributed by atoms with E-state index < -0.39 is 0 Å². The molecule has 0 aromatic carbocycles. The molecule has 1 heterocycles. The van der Waals surface area contributed by atoms with Crippen molar-refractivity contribution in [2.24, 2.45) is 23.2 Å². The van der Waals surface area contributed by atoms with E-state index in [1.165, 1.54) is 25.7 Å². The van der Waals surface area contributed by atoms with Crippen molar-refractivity contribution in [2.75, 3.05) is 19.7 Å². The predicted molar refractivity (Wildman–Crippen MR) is 77.0 cm³/mol. The van der Waals surface area contributed by atoms with E-state index in [9.17, 15) is 4.79 Å². The zero-order chi connectivity index (χ0) is 14.0. The number of hydrogen-bond donors (Lipinski definition) is 0. The molecule has 2 fully saturated rings. The Morgan fingerprint density at radius 3 is 2.16 bits per heavy atom. The highest BCUT2D eigenvalue weighted by atomic mass is 16.6. The molecule has 0 aromatic rings. The topological polar surface area (TPSA) is 29.5 Å². The van der Waals surface area contributed by atoms with Crippen LogP contribution in [-0.4, -0.2) is 30.7 Å². The molecule has 19 heavy (non-hydrogen) atoms. The fourth-order valence-corrected chi connectivity index (χ4v) is 3.40. The zero-order valence-electron chi connectivity index (χ0n) is 12.9. The first-order chi connectivity index (χ1) is 8.87. The molecule has 2 rings (SSSR count). The van der Waals surface area contributed by atoms with Gasteiger partial charge in [0.2, 0.25) is 0 Å². The second kappa shape index (κ2) is 5.72. The minimum atomic E-state index is -0.0984. The maximum absolute atomic E-state index is 12.2. The second-order valence-electron chi connectivity index (χ2n) is 7.68. The van der Waals surface area contributed by atoms with Gasteiger partial charge >= 0.3 is 6.09 Å². The lowest BCUT2D eigenvalue weighted by Gasteiger charge is -2.40. The first-order valence-corrected chi connectivity index (χ1v) is 7.78. The maximum Gasteiger partial charge on any atom is 0.409 e. The first-order valence-electron chi connectivity index (χ1n) is 7.78. The second-order valence-corrected chi connectivity index (χ2v) is 7.68. The number of ether oxygens (including phenoxy) is 1. The van der Waals surface area contributed by atoms with Crippen LogP contribution >= 0.6 is 0 Å². The van der Waals surface area contributed by atoms with Gasteiger partial charge in [0.1, 0.15) is 0 Å². The molecule has 3 heteroatoms. The van der Waals surface area contributed by atoms with Crippen molar-refractivity contribution in [1.82, 2.24) is 4.90 Å². The SMILES string of the molecule is CC1C2CCCCC1CN(C(=O)OCC(C)(C)C)C2. The molecule has 2 unspecified atom stereocenters. The highest BCUT2D eigenvalue weighted by Gasteiger charge is 2.37. The van der Waals surface area contributed by atoms with E-state index in [1.807, 2.05) is 4.90 Å². The van der Waals surface area contributed by atoms with Gasteiger partial charge in [-0.25, -0.2) is 4.79 Å². The van der Waals surface area contributed by atoms with E-state index in [1.54, 1.807) is 0 Å². The van der Waals surface area contributed by atoms with Crippen LogP contribution in [0.5, 0.6) is 0 Å². The lowest BCUT2D eigenvalue weighted by Crippen LogP contribution is -2.47. The summed E-state index contributed by atoms with van der Waals surface area (Å²) in [6.45, 7) is 11.0. The molecule has 1 aliphatic carbocycles. The summed E-state index contributed by atoms with van der Waals surface area (Å²) in [5.41, 5.74) is 0.0471. The normalized spacial score (nSPS) is 31.8. The zero-order valence-corrected chi connectivity index (χ0v) is 12.9. The largest absolute Gasteiger partial charge is 0.449 e. The molecular weight excluding hydrogens is 238 g/mol. The van der Waals surface area contributed by atoms with Gasteiger partial charge in [-0.3, -0.25) is 0 Å². The number of hydrogen-bond acceptors (Lipinski definition) is 2. The Hall–Kier alpha value is -0.730. The maximum atomic E-state index is 12.2. The molecule has 2 bridgehead atoms. The average molecular weight is 267 g/mol. The van der Waals surface area contributed by atoms with Crippen LogP contribution in [0, 0.1) is 23.2 Å². The molecule has 3 nitrogen and oxygen atoms in total. The van der Waals surface area contributed by atoms with E-state index in [0.29, 0.717) is 18.4 Å². The van der Waals surface area contributed by atoms with Crippen molar-refractivity contribution in [3.05, 3.63) is 0 Å². The number of fused-ring (bicyclic) bond motifs is 2. The van der Waals surface area contributed by atoms with Crippen LogP contribution in [0.2, 0.25) is 0 Å². The van der Waals surface area contributed by atoms with Gasteiger partial charge in [0, 0.05) is 13.1 Å².